The highest BCUT2D eigenvalue weighted by molar-refractivity contribution is 7.99. The lowest BCUT2D eigenvalue weighted by Crippen LogP contribution is -2.46. The van der Waals surface area contributed by atoms with E-state index < -0.39 is 5.97 Å². The Morgan fingerprint density at radius 1 is 1.29 bits per heavy atom. The molecule has 21 heavy (non-hydrogen) atoms. The molecule has 114 valence electrons. The van der Waals surface area contributed by atoms with Crippen molar-refractivity contribution < 1.29 is 14.7 Å². The Balaban J connectivity index is 1.56. The third-order valence-corrected chi connectivity index (χ3v) is 4.83. The van der Waals surface area contributed by atoms with Crippen LogP contribution in [0.4, 0.5) is 0 Å². The van der Waals surface area contributed by atoms with Gasteiger partial charge in [-0.2, -0.15) is 0 Å². The van der Waals surface area contributed by atoms with Crippen molar-refractivity contribution in [2.45, 2.75) is 36.6 Å². The summed E-state index contributed by atoms with van der Waals surface area (Å²) >= 11 is 7.51. The van der Waals surface area contributed by atoms with Crippen molar-refractivity contribution in [3.8, 4) is 0 Å². The summed E-state index contributed by atoms with van der Waals surface area (Å²) in [5.41, 5.74) is 0. The maximum Gasteiger partial charge on any atom is 0.306 e. The normalized spacial score (nSPS) is 20.6. The maximum atomic E-state index is 11.7. The van der Waals surface area contributed by atoms with E-state index in [0.29, 0.717) is 19.3 Å². The van der Waals surface area contributed by atoms with Crippen molar-refractivity contribution in [3.63, 3.8) is 0 Å². The molecule has 1 aliphatic rings. The molecule has 4 nitrogen and oxygen atoms in total. The van der Waals surface area contributed by atoms with Gasteiger partial charge in [0.25, 0.3) is 0 Å². The van der Waals surface area contributed by atoms with E-state index in [1.807, 2.05) is 24.3 Å². The molecule has 6 heteroatoms. The second-order valence-corrected chi connectivity index (χ2v) is 6.78. The SMILES string of the molecule is O=C(CCCSc1ccc(Cl)cc1)NC1CC(C(=O)O)C1. The number of carboxylic acid groups (broad SMARTS) is 1. The van der Waals surface area contributed by atoms with E-state index in [-0.39, 0.29) is 17.9 Å². The Kier molecular flexibility index (Phi) is 5.94. The number of carbonyl (C=O) groups is 2. The monoisotopic (exact) mass is 327 g/mol. The molecule has 0 bridgehead atoms. The number of rotatable bonds is 7. The average molecular weight is 328 g/mol. The predicted octanol–water partition coefficient (Wildman–Crippen LogP) is 3.19. The number of thioether (sulfide) groups is 1. The first-order chi connectivity index (χ1) is 10.0. The zero-order valence-electron chi connectivity index (χ0n) is 11.5. The third kappa shape index (κ3) is 5.25. The third-order valence-electron chi connectivity index (χ3n) is 3.48. The second kappa shape index (κ2) is 7.71. The number of benzene rings is 1. The van der Waals surface area contributed by atoms with Crippen molar-refractivity contribution in [1.82, 2.24) is 5.32 Å². The smallest absolute Gasteiger partial charge is 0.306 e. The standard InChI is InChI=1S/C15H18ClNO3S/c16-11-3-5-13(6-4-11)21-7-1-2-14(18)17-12-8-10(9-12)15(19)20/h3-6,10,12H,1-2,7-9H2,(H,17,18)(H,19,20). The van der Waals surface area contributed by atoms with Gasteiger partial charge in [-0.1, -0.05) is 11.6 Å². The van der Waals surface area contributed by atoms with Gasteiger partial charge in [0.2, 0.25) is 5.91 Å². The van der Waals surface area contributed by atoms with Crippen molar-refractivity contribution in [3.05, 3.63) is 29.3 Å². The van der Waals surface area contributed by atoms with Crippen LogP contribution in [-0.4, -0.2) is 28.8 Å². The molecule has 0 spiro atoms. The quantitative estimate of drug-likeness (QED) is 0.596. The van der Waals surface area contributed by atoms with Crippen molar-refractivity contribution >= 4 is 35.2 Å². The molecule has 0 atom stereocenters. The molecule has 0 heterocycles. The van der Waals surface area contributed by atoms with Crippen molar-refractivity contribution in [2.24, 2.45) is 5.92 Å². The molecule has 0 saturated heterocycles. The fourth-order valence-corrected chi connectivity index (χ4v) is 3.17. The number of aliphatic carboxylic acids is 1. The summed E-state index contributed by atoms with van der Waals surface area (Å²) in [5, 5.41) is 12.4. The number of carbonyl (C=O) groups excluding carboxylic acids is 1. The van der Waals surface area contributed by atoms with E-state index in [0.717, 1.165) is 22.1 Å². The van der Waals surface area contributed by atoms with Gasteiger partial charge in [0.15, 0.2) is 0 Å². The van der Waals surface area contributed by atoms with Crippen LogP contribution in [0.5, 0.6) is 0 Å². The van der Waals surface area contributed by atoms with Crippen LogP contribution in [0.3, 0.4) is 0 Å². The Labute approximate surface area is 133 Å². The van der Waals surface area contributed by atoms with E-state index >= 15 is 0 Å². The number of hydrogen-bond acceptors (Lipinski definition) is 3. The van der Waals surface area contributed by atoms with Gasteiger partial charge in [-0.05, 0) is 49.3 Å². The molecule has 1 aliphatic carbocycles. The zero-order valence-corrected chi connectivity index (χ0v) is 13.1. The number of halogens is 1. The summed E-state index contributed by atoms with van der Waals surface area (Å²) in [4.78, 5) is 23.5. The largest absolute Gasteiger partial charge is 0.481 e. The van der Waals surface area contributed by atoms with E-state index in [9.17, 15) is 9.59 Å². The number of hydrogen-bond donors (Lipinski definition) is 2. The lowest BCUT2D eigenvalue weighted by molar-refractivity contribution is -0.146. The van der Waals surface area contributed by atoms with Gasteiger partial charge in [0.05, 0.1) is 5.92 Å². The first-order valence-electron chi connectivity index (χ1n) is 6.95. The molecule has 2 N–H and O–H groups in total. The van der Waals surface area contributed by atoms with Gasteiger partial charge >= 0.3 is 5.97 Å². The molecule has 0 aromatic heterocycles. The Morgan fingerprint density at radius 3 is 2.57 bits per heavy atom. The van der Waals surface area contributed by atoms with Gasteiger partial charge in [-0.15, -0.1) is 11.8 Å². The Bertz CT molecular complexity index is 500. The molecule has 1 fully saturated rings. The summed E-state index contributed by atoms with van der Waals surface area (Å²) < 4.78 is 0. The van der Waals surface area contributed by atoms with E-state index in [2.05, 4.69) is 5.32 Å². The number of amides is 1. The molecule has 1 aromatic rings. The van der Waals surface area contributed by atoms with Gasteiger partial charge in [-0.3, -0.25) is 9.59 Å². The van der Waals surface area contributed by atoms with Gasteiger partial charge < -0.3 is 10.4 Å². The minimum Gasteiger partial charge on any atom is -0.481 e. The Hall–Kier alpha value is -1.20. The van der Waals surface area contributed by atoms with Gasteiger partial charge in [-0.25, -0.2) is 0 Å². The number of carboxylic acids is 1. The first kappa shape index (κ1) is 16.2. The van der Waals surface area contributed by atoms with Crippen molar-refractivity contribution in [2.75, 3.05) is 5.75 Å². The van der Waals surface area contributed by atoms with E-state index in [4.69, 9.17) is 16.7 Å². The molecule has 0 radical (unpaired) electrons. The summed E-state index contributed by atoms with van der Waals surface area (Å²) in [7, 11) is 0. The molecule has 1 saturated carbocycles. The lowest BCUT2D eigenvalue weighted by Gasteiger charge is -2.32. The van der Waals surface area contributed by atoms with Crippen LogP contribution < -0.4 is 5.32 Å². The van der Waals surface area contributed by atoms with Crippen LogP contribution in [0.15, 0.2) is 29.2 Å². The van der Waals surface area contributed by atoms with Crippen LogP contribution in [-0.2, 0) is 9.59 Å². The molecule has 0 aliphatic heterocycles. The zero-order chi connectivity index (χ0) is 15.2. The van der Waals surface area contributed by atoms with Crippen LogP contribution in [0, 0.1) is 5.92 Å². The highest BCUT2D eigenvalue weighted by atomic mass is 35.5. The summed E-state index contributed by atoms with van der Waals surface area (Å²) in [6.07, 6.45) is 2.39. The van der Waals surface area contributed by atoms with Crippen LogP contribution in [0.25, 0.3) is 0 Å². The van der Waals surface area contributed by atoms with E-state index in [1.165, 1.54) is 0 Å². The summed E-state index contributed by atoms with van der Waals surface area (Å²) in [6.45, 7) is 0. The lowest BCUT2D eigenvalue weighted by atomic mass is 9.80. The Morgan fingerprint density at radius 2 is 1.95 bits per heavy atom. The molecular weight excluding hydrogens is 310 g/mol. The summed E-state index contributed by atoms with van der Waals surface area (Å²) in [5.74, 6) is -0.159. The molecule has 0 unspecified atom stereocenters. The number of nitrogens with one attached hydrogen (secondary N) is 1. The molecule has 1 amide bonds. The first-order valence-corrected chi connectivity index (χ1v) is 8.31. The van der Waals surface area contributed by atoms with Crippen LogP contribution >= 0.6 is 23.4 Å². The highest BCUT2D eigenvalue weighted by Crippen LogP contribution is 2.27. The summed E-state index contributed by atoms with van der Waals surface area (Å²) in [6, 6.07) is 7.68. The van der Waals surface area contributed by atoms with Gasteiger partial charge in [0.1, 0.15) is 0 Å². The van der Waals surface area contributed by atoms with Crippen LogP contribution in [0.1, 0.15) is 25.7 Å². The molecule has 2 rings (SSSR count). The topological polar surface area (TPSA) is 66.4 Å². The second-order valence-electron chi connectivity index (χ2n) is 5.18. The van der Waals surface area contributed by atoms with Gasteiger partial charge in [0, 0.05) is 22.4 Å². The van der Waals surface area contributed by atoms with E-state index in [1.54, 1.807) is 11.8 Å². The fraction of sp³-hybridized carbons (Fsp3) is 0.467. The predicted molar refractivity (Wildman–Crippen MR) is 83.7 cm³/mol. The maximum absolute atomic E-state index is 11.7. The fourth-order valence-electron chi connectivity index (χ4n) is 2.19. The minimum absolute atomic E-state index is 0.0144. The average Bonchev–Trinajstić information content (AvgIpc) is 2.40. The highest BCUT2D eigenvalue weighted by Gasteiger charge is 2.34. The van der Waals surface area contributed by atoms with Crippen LogP contribution in [0.2, 0.25) is 5.02 Å². The molecular formula is C15H18ClNO3S. The molecule has 1 aromatic carbocycles. The minimum atomic E-state index is -0.764. The van der Waals surface area contributed by atoms with Crippen molar-refractivity contribution in [1.29, 1.82) is 0 Å².